The lowest BCUT2D eigenvalue weighted by Gasteiger charge is -2.45. The number of carbonyl (C=O) groups excluding carboxylic acids is 1. The second-order valence-electron chi connectivity index (χ2n) is 8.69. The van der Waals surface area contributed by atoms with E-state index in [0.29, 0.717) is 16.9 Å². The van der Waals surface area contributed by atoms with E-state index in [2.05, 4.69) is 0 Å². The summed E-state index contributed by atoms with van der Waals surface area (Å²) in [7, 11) is 1.53. The van der Waals surface area contributed by atoms with Gasteiger partial charge < -0.3 is 28.1 Å². The maximum Gasteiger partial charge on any atom is 0.509 e. The third-order valence-electron chi connectivity index (χ3n) is 6.17. The van der Waals surface area contributed by atoms with Gasteiger partial charge in [0.25, 0.3) is 0 Å². The molecule has 2 aliphatic rings. The Kier molecular flexibility index (Phi) is 5.14. The van der Waals surface area contributed by atoms with Crippen LogP contribution in [0, 0.1) is 6.92 Å². The highest BCUT2D eigenvalue weighted by Gasteiger charge is 2.58. The first-order valence-electron chi connectivity index (χ1n) is 10.7. The predicted octanol–water partition coefficient (Wildman–Crippen LogP) is 4.20. The number of aryl methyl sites for hydroxylation is 1. The first-order valence-corrected chi connectivity index (χ1v) is 10.7. The number of methoxy groups -OCH3 is 1. The Morgan fingerprint density at radius 2 is 1.70 bits per heavy atom. The third kappa shape index (κ3) is 3.65. The topological polar surface area (TPSA) is 93.4 Å². The van der Waals surface area contributed by atoms with E-state index in [1.54, 1.807) is 12.1 Å². The van der Waals surface area contributed by atoms with Crippen LogP contribution in [0.4, 0.5) is 4.79 Å². The Morgan fingerprint density at radius 3 is 2.42 bits per heavy atom. The summed E-state index contributed by atoms with van der Waals surface area (Å²) < 4.78 is 33.9. The van der Waals surface area contributed by atoms with Crippen molar-refractivity contribution in [3.05, 3.63) is 64.5 Å². The molecule has 0 saturated carbocycles. The van der Waals surface area contributed by atoms with Crippen LogP contribution in [0.15, 0.2) is 57.7 Å². The zero-order valence-electron chi connectivity index (χ0n) is 18.7. The average molecular weight is 452 g/mol. The number of hydrogen-bond acceptors (Lipinski definition) is 8. The van der Waals surface area contributed by atoms with Crippen LogP contribution in [0.1, 0.15) is 19.4 Å². The zero-order valence-corrected chi connectivity index (χ0v) is 18.7. The molecule has 2 saturated heterocycles. The molecule has 3 aromatic rings. The SMILES string of the molecule is CO[C@@H]1C2OC(=O)O[C@@H]2C(Oc2ccc3c(C)c(-c4ccccc4)c(=O)oc3c2)OC1(C)C. The van der Waals surface area contributed by atoms with Gasteiger partial charge in [0.15, 0.2) is 6.10 Å². The van der Waals surface area contributed by atoms with Gasteiger partial charge in [0.2, 0.25) is 12.4 Å². The van der Waals surface area contributed by atoms with E-state index < -0.39 is 42.0 Å². The van der Waals surface area contributed by atoms with Crippen LogP contribution in [0.2, 0.25) is 0 Å². The lowest BCUT2D eigenvalue weighted by atomic mass is 9.89. The number of ether oxygens (including phenoxy) is 5. The van der Waals surface area contributed by atoms with Gasteiger partial charge >= 0.3 is 11.8 Å². The Bertz CT molecular complexity index is 1260. The van der Waals surface area contributed by atoms with E-state index in [1.165, 1.54) is 7.11 Å². The van der Waals surface area contributed by atoms with E-state index in [0.717, 1.165) is 16.5 Å². The lowest BCUT2D eigenvalue weighted by Crippen LogP contribution is -2.62. The maximum atomic E-state index is 12.8. The summed E-state index contributed by atoms with van der Waals surface area (Å²) in [6.07, 6.45) is -3.74. The molecule has 0 N–H and O–H groups in total. The molecular weight excluding hydrogens is 428 g/mol. The average Bonchev–Trinajstić information content (AvgIpc) is 3.15. The number of fused-ring (bicyclic) bond motifs is 2. The van der Waals surface area contributed by atoms with Crippen LogP contribution in [0.25, 0.3) is 22.1 Å². The van der Waals surface area contributed by atoms with Crippen LogP contribution in [0.3, 0.4) is 0 Å². The number of rotatable bonds is 4. The molecule has 0 spiro atoms. The minimum Gasteiger partial charge on any atom is -0.461 e. The summed E-state index contributed by atoms with van der Waals surface area (Å²) in [6.45, 7) is 5.54. The summed E-state index contributed by atoms with van der Waals surface area (Å²) in [6, 6.07) is 14.6. The Labute approximate surface area is 190 Å². The molecule has 2 aliphatic heterocycles. The van der Waals surface area contributed by atoms with Gasteiger partial charge in [0.05, 0.1) is 11.2 Å². The fourth-order valence-electron chi connectivity index (χ4n) is 4.65. The molecule has 172 valence electrons. The van der Waals surface area contributed by atoms with Gasteiger partial charge in [-0.05, 0) is 44.0 Å². The number of hydrogen-bond donors (Lipinski definition) is 0. The Hall–Kier alpha value is -3.36. The fraction of sp³-hybridized carbons (Fsp3) is 0.360. The Balaban J connectivity index is 1.49. The van der Waals surface area contributed by atoms with E-state index in [-0.39, 0.29) is 0 Å². The zero-order chi connectivity index (χ0) is 23.3. The van der Waals surface area contributed by atoms with Crippen LogP contribution < -0.4 is 10.4 Å². The van der Waals surface area contributed by atoms with Crippen LogP contribution in [0.5, 0.6) is 5.75 Å². The van der Waals surface area contributed by atoms with E-state index in [4.69, 9.17) is 28.1 Å². The normalized spacial score (nSPS) is 25.9. The van der Waals surface area contributed by atoms with E-state index in [9.17, 15) is 9.59 Å². The molecule has 0 amide bonds. The van der Waals surface area contributed by atoms with Gasteiger partial charge in [0.1, 0.15) is 17.4 Å². The summed E-state index contributed by atoms with van der Waals surface area (Å²) in [5, 5.41) is 0.790. The lowest BCUT2D eigenvalue weighted by molar-refractivity contribution is -0.282. The monoisotopic (exact) mass is 452 g/mol. The molecule has 4 atom stereocenters. The third-order valence-corrected chi connectivity index (χ3v) is 6.17. The molecule has 1 aromatic heterocycles. The highest BCUT2D eigenvalue weighted by molar-refractivity contribution is 5.87. The molecule has 5 rings (SSSR count). The number of benzene rings is 2. The second-order valence-corrected chi connectivity index (χ2v) is 8.69. The highest BCUT2D eigenvalue weighted by Crippen LogP contribution is 2.39. The quantitative estimate of drug-likeness (QED) is 0.430. The highest BCUT2D eigenvalue weighted by atomic mass is 16.8. The van der Waals surface area contributed by atoms with Crippen LogP contribution in [-0.2, 0) is 18.9 Å². The van der Waals surface area contributed by atoms with Crippen LogP contribution in [-0.4, -0.2) is 43.5 Å². The first kappa shape index (κ1) is 21.5. The van der Waals surface area contributed by atoms with Gasteiger partial charge in [-0.3, -0.25) is 0 Å². The van der Waals surface area contributed by atoms with Crippen molar-refractivity contribution < 1.29 is 32.9 Å². The van der Waals surface area contributed by atoms with Crippen molar-refractivity contribution in [2.24, 2.45) is 0 Å². The smallest absolute Gasteiger partial charge is 0.461 e. The molecule has 33 heavy (non-hydrogen) atoms. The van der Waals surface area contributed by atoms with E-state index in [1.807, 2.05) is 57.2 Å². The van der Waals surface area contributed by atoms with Crippen molar-refractivity contribution in [2.45, 2.75) is 51.0 Å². The minimum absolute atomic E-state index is 0.385. The molecule has 0 radical (unpaired) electrons. The van der Waals surface area contributed by atoms with Gasteiger partial charge in [-0.2, -0.15) is 0 Å². The van der Waals surface area contributed by atoms with Crippen molar-refractivity contribution >= 4 is 17.1 Å². The molecule has 2 fully saturated rings. The van der Waals surface area contributed by atoms with Crippen molar-refractivity contribution in [1.29, 1.82) is 0 Å². The van der Waals surface area contributed by atoms with Crippen molar-refractivity contribution in [2.75, 3.05) is 7.11 Å². The van der Waals surface area contributed by atoms with Gasteiger partial charge in [-0.1, -0.05) is 30.3 Å². The maximum absolute atomic E-state index is 12.8. The molecule has 8 heteroatoms. The predicted molar refractivity (Wildman–Crippen MR) is 118 cm³/mol. The molecule has 8 nitrogen and oxygen atoms in total. The molecule has 0 bridgehead atoms. The van der Waals surface area contributed by atoms with Crippen LogP contribution >= 0.6 is 0 Å². The van der Waals surface area contributed by atoms with Gasteiger partial charge in [-0.15, -0.1) is 0 Å². The largest absolute Gasteiger partial charge is 0.509 e. The summed E-state index contributed by atoms with van der Waals surface area (Å²) in [5.74, 6) is 0.399. The van der Waals surface area contributed by atoms with Gasteiger partial charge in [-0.25, -0.2) is 9.59 Å². The fourth-order valence-corrected chi connectivity index (χ4v) is 4.65. The molecular formula is C25H24O8. The summed E-state index contributed by atoms with van der Waals surface area (Å²) in [5.41, 5.74) is 1.28. The van der Waals surface area contributed by atoms with E-state index >= 15 is 0 Å². The first-order chi connectivity index (χ1) is 15.8. The van der Waals surface area contributed by atoms with Crippen molar-refractivity contribution in [3.8, 4) is 16.9 Å². The van der Waals surface area contributed by atoms with Crippen molar-refractivity contribution in [1.82, 2.24) is 0 Å². The minimum atomic E-state index is -0.934. The summed E-state index contributed by atoms with van der Waals surface area (Å²) in [4.78, 5) is 24.6. The van der Waals surface area contributed by atoms with Gasteiger partial charge in [0, 0.05) is 18.6 Å². The Morgan fingerprint density at radius 1 is 0.970 bits per heavy atom. The van der Waals surface area contributed by atoms with Crippen molar-refractivity contribution in [3.63, 3.8) is 0 Å². The standard InChI is InChI=1S/C25H24O8/c1-13-16-11-10-15(12-17(16)30-22(26)18(13)14-8-6-5-7-9-14)29-23-20-19(31-24(27)32-20)21(28-4)25(2,3)33-23/h5-12,19-21,23H,1-4H3/t19?,20-,21+,23?/m0/s1. The molecule has 2 aromatic carbocycles. The molecule has 2 unspecified atom stereocenters. The molecule has 0 aliphatic carbocycles. The summed E-state index contributed by atoms with van der Waals surface area (Å²) >= 11 is 0. The number of carbonyl (C=O) groups is 1. The molecule has 3 heterocycles. The second kappa shape index (κ2) is 7.90.